The van der Waals surface area contributed by atoms with Gasteiger partial charge >= 0.3 is 5.97 Å². The van der Waals surface area contributed by atoms with Crippen LogP contribution in [0.25, 0.3) is 0 Å². The maximum atomic E-state index is 10.8. The molecule has 0 saturated carbocycles. The normalized spacial score (nSPS) is 8.14. The lowest BCUT2D eigenvalue weighted by Crippen LogP contribution is -2.20. The van der Waals surface area contributed by atoms with E-state index in [-0.39, 0.29) is 18.4 Å². The maximum absolute atomic E-state index is 10.8. The molecule has 2 N–H and O–H groups in total. The smallest absolute Gasteiger partial charge is 0.333 e. The van der Waals surface area contributed by atoms with Crippen molar-refractivity contribution in [1.82, 2.24) is 4.90 Å². The van der Waals surface area contributed by atoms with Crippen LogP contribution in [-0.4, -0.2) is 45.2 Å². The minimum absolute atomic E-state index is 0. The molecule has 0 unspecified atom stereocenters. The quantitative estimate of drug-likeness (QED) is 0.563. The largest absolute Gasteiger partial charge is 0.461 e. The van der Waals surface area contributed by atoms with E-state index in [4.69, 9.17) is 4.74 Å². The summed E-state index contributed by atoms with van der Waals surface area (Å²) in [5, 5.41) is 0. The van der Waals surface area contributed by atoms with Gasteiger partial charge in [-0.15, -0.1) is 12.4 Å². The molecule has 0 radical (unpaired) electrons. The highest BCUT2D eigenvalue weighted by atomic mass is 35.5. The van der Waals surface area contributed by atoms with Crippen LogP contribution < -0.4 is 5.73 Å². The summed E-state index contributed by atoms with van der Waals surface area (Å²) >= 11 is 0. The number of rotatable bonds is 4. The molecule has 0 saturated heterocycles. The number of likely N-dealkylation sites (N-methyl/N-ethyl adjacent to an activating group) is 1. The monoisotopic (exact) mass is 224 g/mol. The number of ether oxygens (including phenoxy) is 1. The number of carbonyl (C=O) groups is 1. The first kappa shape index (κ1) is 19.1. The van der Waals surface area contributed by atoms with E-state index in [0.29, 0.717) is 12.2 Å². The third-order valence-corrected chi connectivity index (χ3v) is 1.12. The van der Waals surface area contributed by atoms with Crippen LogP contribution >= 0.6 is 12.4 Å². The van der Waals surface area contributed by atoms with E-state index in [0.717, 1.165) is 6.54 Å². The molecule has 0 aliphatic rings. The Morgan fingerprint density at radius 2 is 1.86 bits per heavy atom. The molecule has 0 fully saturated rings. The molecule has 0 aromatic heterocycles. The molecule has 0 rings (SSSR count). The lowest BCUT2D eigenvalue weighted by Gasteiger charge is -2.09. The lowest BCUT2D eigenvalue weighted by molar-refractivity contribution is -0.139. The zero-order chi connectivity index (χ0) is 10.9. The molecule has 0 aromatic rings. The van der Waals surface area contributed by atoms with Crippen LogP contribution in [-0.2, 0) is 9.53 Å². The zero-order valence-electron chi connectivity index (χ0n) is 9.37. The molecule has 4 nitrogen and oxygen atoms in total. The predicted molar refractivity (Wildman–Crippen MR) is 61.7 cm³/mol. The highest BCUT2D eigenvalue weighted by Gasteiger charge is 2.01. The summed E-state index contributed by atoms with van der Waals surface area (Å²) in [5.41, 5.74) is 4.95. The van der Waals surface area contributed by atoms with Crippen molar-refractivity contribution in [2.75, 3.05) is 34.3 Å². The first-order chi connectivity index (χ1) is 6.04. The maximum Gasteiger partial charge on any atom is 0.333 e. The lowest BCUT2D eigenvalue weighted by atomic mass is 10.4. The van der Waals surface area contributed by atoms with Gasteiger partial charge in [0, 0.05) is 12.1 Å². The molecule has 0 aromatic carbocycles. The van der Waals surface area contributed by atoms with Gasteiger partial charge in [0.1, 0.15) is 6.61 Å². The van der Waals surface area contributed by atoms with Crippen molar-refractivity contribution in [3.63, 3.8) is 0 Å². The molecular formula is C9H21ClN2O2. The number of esters is 1. The molecule has 0 bridgehead atoms. The molecule has 0 aliphatic carbocycles. The van der Waals surface area contributed by atoms with Gasteiger partial charge < -0.3 is 15.4 Å². The van der Waals surface area contributed by atoms with E-state index in [9.17, 15) is 4.79 Å². The van der Waals surface area contributed by atoms with Crippen LogP contribution in [0.3, 0.4) is 0 Å². The Bertz CT molecular complexity index is 161. The first-order valence-electron chi connectivity index (χ1n) is 4.09. The van der Waals surface area contributed by atoms with Gasteiger partial charge in [0.15, 0.2) is 0 Å². The van der Waals surface area contributed by atoms with E-state index in [1.807, 2.05) is 19.0 Å². The van der Waals surface area contributed by atoms with Gasteiger partial charge in [0.25, 0.3) is 0 Å². The zero-order valence-corrected chi connectivity index (χ0v) is 10.2. The molecule has 14 heavy (non-hydrogen) atoms. The van der Waals surface area contributed by atoms with Crippen molar-refractivity contribution in [1.29, 1.82) is 0 Å². The Hall–Kier alpha value is -0.580. The van der Waals surface area contributed by atoms with E-state index in [2.05, 4.69) is 12.3 Å². The van der Waals surface area contributed by atoms with Crippen LogP contribution in [0.4, 0.5) is 0 Å². The van der Waals surface area contributed by atoms with Crippen LogP contribution in [0.2, 0.25) is 0 Å². The standard InChI is InChI=1S/C8H15NO2.CH5N.ClH/c1-7(2)8(10)11-6-5-9(3)4;1-2;/h1,5-6H2,2-4H3;2H2,1H3;1H. The van der Waals surface area contributed by atoms with E-state index < -0.39 is 0 Å². The predicted octanol–water partition coefficient (Wildman–Crippen LogP) is 0.664. The van der Waals surface area contributed by atoms with Crippen molar-refractivity contribution in [3.8, 4) is 0 Å². The van der Waals surface area contributed by atoms with Gasteiger partial charge in [-0.3, -0.25) is 0 Å². The molecular weight excluding hydrogens is 204 g/mol. The number of hydrogen-bond donors (Lipinski definition) is 1. The SMILES string of the molecule is C=C(C)C(=O)OCCN(C)C.CN.Cl. The molecule has 0 atom stereocenters. The average molecular weight is 225 g/mol. The summed E-state index contributed by atoms with van der Waals surface area (Å²) in [5.74, 6) is -0.313. The summed E-state index contributed by atoms with van der Waals surface area (Å²) in [6.07, 6.45) is 0. The molecule has 0 aliphatic heterocycles. The van der Waals surface area contributed by atoms with Crippen molar-refractivity contribution in [2.24, 2.45) is 5.73 Å². The fourth-order valence-corrected chi connectivity index (χ4v) is 0.444. The minimum atomic E-state index is -0.313. The third kappa shape index (κ3) is 14.0. The van der Waals surface area contributed by atoms with Crippen LogP contribution in [0.1, 0.15) is 6.92 Å². The third-order valence-electron chi connectivity index (χ3n) is 1.12. The molecule has 5 heteroatoms. The van der Waals surface area contributed by atoms with Crippen LogP contribution in [0.15, 0.2) is 12.2 Å². The Labute approximate surface area is 92.5 Å². The number of halogens is 1. The van der Waals surface area contributed by atoms with Gasteiger partial charge in [0.05, 0.1) is 0 Å². The van der Waals surface area contributed by atoms with Gasteiger partial charge in [-0.1, -0.05) is 6.58 Å². The number of nitrogens with zero attached hydrogens (tertiary/aromatic N) is 1. The average Bonchev–Trinajstić information content (AvgIpc) is 2.07. The summed E-state index contributed by atoms with van der Waals surface area (Å²) in [7, 11) is 5.35. The van der Waals surface area contributed by atoms with Gasteiger partial charge in [-0.2, -0.15) is 0 Å². The fraction of sp³-hybridized carbons (Fsp3) is 0.667. The number of nitrogens with two attached hydrogens (primary N) is 1. The van der Waals surface area contributed by atoms with Crippen LogP contribution in [0, 0.1) is 0 Å². The Kier molecular flexibility index (Phi) is 16.9. The number of hydrogen-bond acceptors (Lipinski definition) is 4. The molecule has 0 heterocycles. The fourth-order valence-electron chi connectivity index (χ4n) is 0.444. The molecule has 0 amide bonds. The first-order valence-corrected chi connectivity index (χ1v) is 4.09. The molecule has 86 valence electrons. The van der Waals surface area contributed by atoms with E-state index in [1.165, 1.54) is 7.05 Å². The van der Waals surface area contributed by atoms with Crippen molar-refractivity contribution < 1.29 is 9.53 Å². The Balaban J connectivity index is -0.000000376. The van der Waals surface area contributed by atoms with Crippen LogP contribution in [0.5, 0.6) is 0 Å². The highest BCUT2D eigenvalue weighted by Crippen LogP contribution is 1.91. The summed E-state index contributed by atoms with van der Waals surface area (Å²) in [6, 6.07) is 0. The van der Waals surface area contributed by atoms with Gasteiger partial charge in [-0.05, 0) is 28.1 Å². The van der Waals surface area contributed by atoms with Gasteiger partial charge in [-0.25, -0.2) is 4.79 Å². The Morgan fingerprint density at radius 1 is 1.43 bits per heavy atom. The number of carbonyl (C=O) groups excluding carboxylic acids is 1. The second kappa shape index (κ2) is 12.4. The van der Waals surface area contributed by atoms with Crippen molar-refractivity contribution >= 4 is 18.4 Å². The Morgan fingerprint density at radius 3 is 2.14 bits per heavy atom. The van der Waals surface area contributed by atoms with Crippen molar-refractivity contribution in [3.05, 3.63) is 12.2 Å². The second-order valence-electron chi connectivity index (χ2n) is 2.72. The minimum Gasteiger partial charge on any atom is -0.461 e. The molecule has 0 spiro atoms. The summed E-state index contributed by atoms with van der Waals surface area (Å²) in [4.78, 5) is 12.7. The topological polar surface area (TPSA) is 55.6 Å². The van der Waals surface area contributed by atoms with Gasteiger partial charge in [0.2, 0.25) is 0 Å². The van der Waals surface area contributed by atoms with E-state index >= 15 is 0 Å². The summed E-state index contributed by atoms with van der Waals surface area (Å²) < 4.78 is 4.83. The highest BCUT2D eigenvalue weighted by molar-refractivity contribution is 5.86. The summed E-state index contributed by atoms with van der Waals surface area (Å²) in [6.45, 7) is 6.28. The van der Waals surface area contributed by atoms with Crippen molar-refractivity contribution in [2.45, 2.75) is 6.92 Å². The van der Waals surface area contributed by atoms with E-state index in [1.54, 1.807) is 6.92 Å². The second-order valence-corrected chi connectivity index (χ2v) is 2.72.